The van der Waals surface area contributed by atoms with Gasteiger partial charge in [-0.1, -0.05) is 88.4 Å². The minimum Gasteiger partial charge on any atom is -0.453 e. The third-order valence-electron chi connectivity index (χ3n) is 13.8. The topological polar surface area (TPSA) is 198 Å². The molecule has 4 N–H and O–H groups in total. The van der Waals surface area contributed by atoms with Crippen molar-refractivity contribution in [1.82, 2.24) is 45.3 Å². The smallest absolute Gasteiger partial charge is 0.407 e. The molecule has 360 valence electrons. The second kappa shape index (κ2) is 19.7. The van der Waals surface area contributed by atoms with Gasteiger partial charge in [-0.2, -0.15) is 0 Å². The maximum absolute atomic E-state index is 14.8. The number of H-pyrrole nitrogens is 2. The molecule has 2 unspecified atom stereocenters. The van der Waals surface area contributed by atoms with Crippen LogP contribution in [0.3, 0.4) is 0 Å². The zero-order valence-corrected chi connectivity index (χ0v) is 39.9. The molecule has 0 bridgehead atoms. The first-order chi connectivity index (χ1) is 33.3. The van der Waals surface area contributed by atoms with Gasteiger partial charge in [0.15, 0.2) is 0 Å². The van der Waals surface area contributed by atoms with Crippen LogP contribution in [-0.2, 0) is 19.1 Å². The SMILES string of the molecule is COC(=O)NC(C(=O)N1CCC[C@H]1c1nc2ccc(N3CCN(C(c4ccc(-c5ccccc5)cc4)c4ccc5nc([C@@H]6CCCN6C(=O)[C@@H](NC(=O)OC)C(C)C)[nH]c5c4)C3=O)cc2[nH]1)C(C)C. The van der Waals surface area contributed by atoms with Crippen molar-refractivity contribution in [3.05, 3.63) is 114 Å². The summed E-state index contributed by atoms with van der Waals surface area (Å²) in [5.41, 5.74) is 7.70. The number of methoxy groups -OCH3 is 2. The number of fused-ring (bicyclic) bond motifs is 2. The Hall–Kier alpha value is -7.43. The molecule has 5 atom stereocenters. The number of amides is 6. The van der Waals surface area contributed by atoms with Gasteiger partial charge in [0.2, 0.25) is 11.8 Å². The van der Waals surface area contributed by atoms with Crippen LogP contribution in [0.2, 0.25) is 0 Å². The highest BCUT2D eigenvalue weighted by Gasteiger charge is 2.41. The Bertz CT molecular complexity index is 2860. The zero-order chi connectivity index (χ0) is 48.5. The molecule has 3 fully saturated rings. The predicted octanol–water partition coefficient (Wildman–Crippen LogP) is 8.23. The highest BCUT2D eigenvalue weighted by atomic mass is 16.5. The van der Waals surface area contributed by atoms with Gasteiger partial charge in [0.25, 0.3) is 0 Å². The molecule has 3 aliphatic rings. The number of carbonyl (C=O) groups is 5. The molecular formula is C52H60N10O7. The molecule has 3 saturated heterocycles. The number of hydrogen-bond donors (Lipinski definition) is 4. The Morgan fingerprint density at radius 3 is 1.67 bits per heavy atom. The number of urea groups is 1. The molecule has 4 aromatic carbocycles. The van der Waals surface area contributed by atoms with Crippen molar-refractivity contribution in [3.8, 4) is 11.1 Å². The molecule has 0 radical (unpaired) electrons. The first kappa shape index (κ1) is 46.7. The maximum atomic E-state index is 14.8. The number of alkyl carbamates (subject to hydrolysis) is 2. The number of nitrogens with one attached hydrogen (secondary N) is 4. The van der Waals surface area contributed by atoms with Gasteiger partial charge in [-0.25, -0.2) is 24.4 Å². The van der Waals surface area contributed by atoms with E-state index in [2.05, 4.69) is 63.1 Å². The van der Waals surface area contributed by atoms with E-state index < -0.39 is 30.3 Å². The van der Waals surface area contributed by atoms with E-state index >= 15 is 0 Å². The minimum atomic E-state index is -0.749. The average Bonchev–Trinajstić information content (AvgIpc) is 4.22. The van der Waals surface area contributed by atoms with E-state index in [1.54, 1.807) is 14.7 Å². The lowest BCUT2D eigenvalue weighted by Gasteiger charge is -2.30. The molecule has 17 nitrogen and oxygen atoms in total. The maximum Gasteiger partial charge on any atom is 0.407 e. The van der Waals surface area contributed by atoms with Crippen molar-refractivity contribution >= 4 is 57.8 Å². The van der Waals surface area contributed by atoms with Crippen molar-refractivity contribution in [2.75, 3.05) is 45.3 Å². The number of imidazole rings is 2. The normalized spacial score (nSPS) is 18.6. The summed E-state index contributed by atoms with van der Waals surface area (Å²) in [6.07, 6.45) is 1.72. The van der Waals surface area contributed by atoms with E-state index in [9.17, 15) is 24.0 Å². The van der Waals surface area contributed by atoms with Crippen LogP contribution >= 0.6 is 0 Å². The van der Waals surface area contributed by atoms with Crippen LogP contribution < -0.4 is 15.5 Å². The lowest BCUT2D eigenvalue weighted by Crippen LogP contribution is -2.51. The number of carbonyl (C=O) groups excluding carboxylic acids is 5. The third-order valence-corrected chi connectivity index (χ3v) is 13.8. The molecule has 6 amide bonds. The van der Waals surface area contributed by atoms with Gasteiger partial charge >= 0.3 is 18.2 Å². The molecule has 0 spiro atoms. The summed E-state index contributed by atoms with van der Waals surface area (Å²) in [5, 5.41) is 5.43. The summed E-state index contributed by atoms with van der Waals surface area (Å²) < 4.78 is 9.63. The number of ether oxygens (including phenoxy) is 2. The van der Waals surface area contributed by atoms with Crippen molar-refractivity contribution < 1.29 is 33.4 Å². The van der Waals surface area contributed by atoms with Crippen molar-refractivity contribution in [2.24, 2.45) is 11.8 Å². The van der Waals surface area contributed by atoms with Crippen molar-refractivity contribution in [3.63, 3.8) is 0 Å². The summed E-state index contributed by atoms with van der Waals surface area (Å²) in [4.78, 5) is 91.1. The number of aromatic amines is 2. The summed E-state index contributed by atoms with van der Waals surface area (Å²) in [7, 11) is 2.56. The number of nitrogens with zero attached hydrogens (tertiary/aromatic N) is 6. The number of anilines is 1. The number of likely N-dealkylation sites (tertiary alicyclic amines) is 2. The minimum absolute atomic E-state index is 0.151. The molecule has 69 heavy (non-hydrogen) atoms. The Kier molecular flexibility index (Phi) is 13.3. The quantitative estimate of drug-likeness (QED) is 0.0881. The van der Waals surface area contributed by atoms with E-state index in [1.807, 2.05) is 81.1 Å². The fourth-order valence-electron chi connectivity index (χ4n) is 10.2. The van der Waals surface area contributed by atoms with Crippen LogP contribution in [-0.4, -0.2) is 117 Å². The zero-order valence-electron chi connectivity index (χ0n) is 39.9. The molecule has 9 rings (SSSR count). The summed E-state index contributed by atoms with van der Waals surface area (Å²) >= 11 is 0. The average molecular weight is 937 g/mol. The van der Waals surface area contributed by atoms with Gasteiger partial charge in [0, 0.05) is 31.9 Å². The summed E-state index contributed by atoms with van der Waals surface area (Å²) in [5.74, 6) is 0.646. The van der Waals surface area contributed by atoms with Crippen LogP contribution in [0.4, 0.5) is 20.1 Å². The van der Waals surface area contributed by atoms with E-state index in [-0.39, 0.29) is 41.8 Å². The van der Waals surface area contributed by atoms with Gasteiger partial charge in [-0.15, -0.1) is 0 Å². The number of aromatic nitrogens is 4. The van der Waals surface area contributed by atoms with Crippen LogP contribution in [0.5, 0.6) is 0 Å². The second-order valence-electron chi connectivity index (χ2n) is 18.8. The van der Waals surface area contributed by atoms with E-state index in [1.165, 1.54) is 14.2 Å². The van der Waals surface area contributed by atoms with E-state index in [4.69, 9.17) is 19.4 Å². The predicted molar refractivity (Wildman–Crippen MR) is 261 cm³/mol. The van der Waals surface area contributed by atoms with Crippen LogP contribution in [0.25, 0.3) is 33.2 Å². The number of hydrogen-bond acceptors (Lipinski definition) is 9. The second-order valence-corrected chi connectivity index (χ2v) is 18.8. The third kappa shape index (κ3) is 9.29. The van der Waals surface area contributed by atoms with Gasteiger partial charge in [-0.3, -0.25) is 14.5 Å². The fraction of sp³-hybridized carbons (Fsp3) is 0.404. The number of benzene rings is 4. The van der Waals surface area contributed by atoms with Gasteiger partial charge in [-0.05, 0) is 90.1 Å². The summed E-state index contributed by atoms with van der Waals surface area (Å²) in [6, 6.07) is 27.6. The molecule has 5 heterocycles. The molecule has 0 saturated carbocycles. The standard InChI is InChI=1S/C52H60N10O7/c1-30(2)43(57-50(65)68-5)48(63)60-24-10-14-41(60)46-53-37-22-20-35(28-39(37)55-46)45(34-18-16-33(17-19-34)32-12-8-7-9-13-32)62-27-26-59(52(62)67)36-21-23-38-40(29-36)56-47(54-38)42-15-11-25-61(42)49(64)44(31(3)4)58-51(66)69-6/h7-9,12-13,16-23,28-31,41-45H,10-11,14-15,24-27H2,1-6H3,(H,53,55)(H,54,56)(H,57,65)(H,58,66)/t41-,42-,43-,44?,45?/m0/s1. The van der Waals surface area contributed by atoms with Crippen LogP contribution in [0.15, 0.2) is 91.0 Å². The lowest BCUT2D eigenvalue weighted by molar-refractivity contribution is -0.136. The van der Waals surface area contributed by atoms with Crippen LogP contribution in [0, 0.1) is 11.8 Å². The van der Waals surface area contributed by atoms with Gasteiger partial charge < -0.3 is 44.8 Å². The largest absolute Gasteiger partial charge is 0.453 e. The Morgan fingerprint density at radius 2 is 1.13 bits per heavy atom. The molecular weight excluding hydrogens is 877 g/mol. The monoisotopic (exact) mass is 936 g/mol. The van der Waals surface area contributed by atoms with Crippen molar-refractivity contribution in [2.45, 2.75) is 83.6 Å². The Balaban J connectivity index is 0.998. The Labute approximate surface area is 400 Å². The lowest BCUT2D eigenvalue weighted by atomic mass is 9.94. The first-order valence-corrected chi connectivity index (χ1v) is 23.9. The highest BCUT2D eigenvalue weighted by molar-refractivity contribution is 5.97. The highest BCUT2D eigenvalue weighted by Crippen LogP contribution is 2.39. The summed E-state index contributed by atoms with van der Waals surface area (Å²) in [6.45, 7) is 9.54. The van der Waals surface area contributed by atoms with Gasteiger partial charge in [0.1, 0.15) is 23.7 Å². The molecule has 3 aliphatic heterocycles. The Morgan fingerprint density at radius 1 is 0.623 bits per heavy atom. The molecule has 2 aromatic heterocycles. The van der Waals surface area contributed by atoms with Gasteiger partial charge in [0.05, 0.1) is 54.4 Å². The number of rotatable bonds is 13. The molecule has 17 heteroatoms. The molecule has 6 aromatic rings. The fourth-order valence-corrected chi connectivity index (χ4v) is 10.2. The first-order valence-electron chi connectivity index (χ1n) is 23.9. The molecule has 0 aliphatic carbocycles. The van der Waals surface area contributed by atoms with Crippen molar-refractivity contribution in [1.29, 1.82) is 0 Å². The van der Waals surface area contributed by atoms with E-state index in [0.29, 0.717) is 44.2 Å². The van der Waals surface area contributed by atoms with Crippen LogP contribution in [0.1, 0.15) is 94.3 Å². The van der Waals surface area contributed by atoms with E-state index in [0.717, 1.165) is 69.3 Å².